The van der Waals surface area contributed by atoms with Gasteiger partial charge < -0.3 is 9.84 Å². The average molecular weight is 345 g/mol. The van der Waals surface area contributed by atoms with E-state index in [1.807, 2.05) is 4.72 Å². The van der Waals surface area contributed by atoms with Crippen molar-refractivity contribution in [3.05, 3.63) is 16.3 Å². The number of nitrogens with one attached hydrogen (secondary N) is 1. The van der Waals surface area contributed by atoms with Crippen LogP contribution in [0.2, 0.25) is 0 Å². The van der Waals surface area contributed by atoms with Gasteiger partial charge in [0.15, 0.2) is 5.54 Å². The van der Waals surface area contributed by atoms with E-state index in [1.165, 1.54) is 0 Å². The van der Waals surface area contributed by atoms with Gasteiger partial charge in [0.25, 0.3) is 0 Å². The number of sulfonamides is 1. The number of hydrogen-bond acceptors (Lipinski definition) is 5. The summed E-state index contributed by atoms with van der Waals surface area (Å²) in [6.07, 6.45) is -4.75. The van der Waals surface area contributed by atoms with Gasteiger partial charge in [0.2, 0.25) is 10.0 Å². The highest BCUT2D eigenvalue weighted by Gasteiger charge is 2.46. The van der Waals surface area contributed by atoms with Gasteiger partial charge in [-0.2, -0.15) is 17.9 Å². The minimum absolute atomic E-state index is 0.0479. The molecule has 1 aliphatic heterocycles. The maximum atomic E-state index is 12.5. The molecule has 2 heterocycles. The molecule has 1 saturated heterocycles. The Morgan fingerprint density at radius 3 is 2.57 bits per heavy atom. The van der Waals surface area contributed by atoms with Crippen LogP contribution in [-0.4, -0.2) is 38.2 Å². The van der Waals surface area contributed by atoms with Crippen molar-refractivity contribution >= 4 is 27.3 Å². The van der Waals surface area contributed by atoms with E-state index in [9.17, 15) is 26.4 Å². The fraction of sp³-hybridized carbons (Fsp3) is 0.500. The molecule has 1 aromatic heterocycles. The van der Waals surface area contributed by atoms with Gasteiger partial charge in [-0.25, -0.2) is 8.42 Å². The zero-order valence-corrected chi connectivity index (χ0v) is 11.9. The molecular formula is C10H10F3NO5S2. The van der Waals surface area contributed by atoms with Crippen LogP contribution in [0, 0.1) is 0 Å². The van der Waals surface area contributed by atoms with E-state index in [2.05, 4.69) is 0 Å². The largest absolute Gasteiger partial charge is 0.480 e. The van der Waals surface area contributed by atoms with E-state index in [1.54, 1.807) is 0 Å². The molecule has 2 rings (SSSR count). The normalized spacial score (nSPS) is 23.4. The quantitative estimate of drug-likeness (QED) is 0.858. The molecule has 1 unspecified atom stereocenters. The number of hydrogen-bond donors (Lipinski definition) is 2. The molecule has 0 radical (unpaired) electrons. The first-order valence-corrected chi connectivity index (χ1v) is 7.94. The molecule has 1 aromatic rings. The van der Waals surface area contributed by atoms with E-state index in [0.29, 0.717) is 6.07 Å². The number of thiophene rings is 1. The third-order valence-electron chi connectivity index (χ3n) is 2.93. The topological polar surface area (TPSA) is 92.7 Å². The molecule has 0 aromatic carbocycles. The summed E-state index contributed by atoms with van der Waals surface area (Å²) in [4.78, 5) is 9.52. The van der Waals surface area contributed by atoms with Gasteiger partial charge in [0.05, 0.1) is 11.5 Å². The Morgan fingerprint density at radius 2 is 2.14 bits per heavy atom. The van der Waals surface area contributed by atoms with Gasteiger partial charge in [0.1, 0.15) is 4.88 Å². The number of ether oxygens (including phenoxy) is 1. The van der Waals surface area contributed by atoms with Crippen molar-refractivity contribution in [3.8, 4) is 0 Å². The van der Waals surface area contributed by atoms with Crippen molar-refractivity contribution in [1.82, 2.24) is 4.72 Å². The molecule has 11 heteroatoms. The first kappa shape index (κ1) is 16.2. The van der Waals surface area contributed by atoms with Crippen LogP contribution in [0.3, 0.4) is 0 Å². The summed E-state index contributed by atoms with van der Waals surface area (Å²) in [5.41, 5.74) is -1.85. The molecule has 1 fully saturated rings. The van der Waals surface area contributed by atoms with Crippen molar-refractivity contribution < 1.29 is 36.2 Å². The highest BCUT2D eigenvalue weighted by molar-refractivity contribution is 7.89. The predicted octanol–water partition coefficient (Wildman–Crippen LogP) is 1.29. The van der Waals surface area contributed by atoms with E-state index in [4.69, 9.17) is 9.84 Å². The van der Waals surface area contributed by atoms with Gasteiger partial charge >= 0.3 is 12.1 Å². The Kier molecular flexibility index (Phi) is 4.04. The maximum Gasteiger partial charge on any atom is 0.425 e. The summed E-state index contributed by atoms with van der Waals surface area (Å²) in [5, 5.41) is 9.94. The van der Waals surface area contributed by atoms with E-state index < -0.39 is 37.5 Å². The lowest BCUT2D eigenvalue weighted by Crippen LogP contribution is -2.54. The standard InChI is InChI=1S/C10H10F3NO5S2/c11-10(12,13)7-3-6(4-20-7)21(17,18)14-9(8(15)16)1-2-19-5-9/h3-4,14H,1-2,5H2,(H,15,16). The molecule has 1 aliphatic rings. The number of carboxylic acids is 1. The van der Waals surface area contributed by atoms with Crippen molar-refractivity contribution in [2.45, 2.75) is 23.0 Å². The zero-order valence-electron chi connectivity index (χ0n) is 10.3. The second-order valence-electron chi connectivity index (χ2n) is 4.44. The van der Waals surface area contributed by atoms with Gasteiger partial charge in [-0.15, -0.1) is 11.3 Å². The van der Waals surface area contributed by atoms with Crippen LogP contribution < -0.4 is 4.72 Å². The van der Waals surface area contributed by atoms with Crippen molar-refractivity contribution in [2.24, 2.45) is 0 Å². The van der Waals surface area contributed by atoms with Crippen LogP contribution in [0.25, 0.3) is 0 Å². The number of halogens is 3. The van der Waals surface area contributed by atoms with E-state index in [-0.39, 0.29) is 31.0 Å². The summed E-state index contributed by atoms with van der Waals surface area (Å²) >= 11 is 0.226. The Bertz CT molecular complexity index is 646. The molecule has 0 bridgehead atoms. The second-order valence-corrected chi connectivity index (χ2v) is 7.03. The minimum atomic E-state index is -4.65. The molecule has 118 valence electrons. The number of rotatable bonds is 4. The summed E-state index contributed by atoms with van der Waals surface area (Å²) in [7, 11) is -4.39. The summed E-state index contributed by atoms with van der Waals surface area (Å²) in [5.74, 6) is -1.44. The van der Waals surface area contributed by atoms with Crippen LogP contribution in [0.15, 0.2) is 16.3 Å². The molecule has 1 atom stereocenters. The van der Waals surface area contributed by atoms with Crippen LogP contribution in [-0.2, 0) is 25.7 Å². The second kappa shape index (κ2) is 5.23. The van der Waals surface area contributed by atoms with Gasteiger partial charge in [0, 0.05) is 18.4 Å². The Morgan fingerprint density at radius 1 is 1.48 bits per heavy atom. The molecule has 0 aliphatic carbocycles. The summed E-state index contributed by atoms with van der Waals surface area (Å²) < 4.78 is 68.3. The molecular weight excluding hydrogens is 335 g/mol. The molecule has 21 heavy (non-hydrogen) atoms. The molecule has 2 N–H and O–H groups in total. The van der Waals surface area contributed by atoms with Gasteiger partial charge in [-0.05, 0) is 6.07 Å². The molecule has 6 nitrogen and oxygen atoms in total. The number of carbonyl (C=O) groups is 1. The van der Waals surface area contributed by atoms with E-state index >= 15 is 0 Å². The third-order valence-corrected chi connectivity index (χ3v) is 5.57. The van der Waals surface area contributed by atoms with Crippen molar-refractivity contribution in [2.75, 3.05) is 13.2 Å². The molecule has 0 saturated carbocycles. The lowest BCUT2D eigenvalue weighted by molar-refractivity contribution is -0.144. The zero-order chi connectivity index (χ0) is 15.9. The highest BCUT2D eigenvalue weighted by Crippen LogP contribution is 2.35. The monoisotopic (exact) mass is 345 g/mol. The Labute approximate surface area is 121 Å². The summed E-state index contributed by atoms with van der Waals surface area (Å²) in [6, 6.07) is 0.471. The molecule has 0 amide bonds. The SMILES string of the molecule is O=C(O)C1(NS(=O)(=O)c2csc(C(F)(F)F)c2)CCOC1. The summed E-state index contributed by atoms with van der Waals surface area (Å²) in [6.45, 7) is -0.329. The predicted molar refractivity (Wildman–Crippen MR) is 65.4 cm³/mol. The van der Waals surface area contributed by atoms with Crippen LogP contribution in [0.1, 0.15) is 11.3 Å². The fourth-order valence-electron chi connectivity index (χ4n) is 1.78. The van der Waals surface area contributed by atoms with Crippen molar-refractivity contribution in [1.29, 1.82) is 0 Å². The Balaban J connectivity index is 2.30. The Hall–Kier alpha value is -1.17. The van der Waals surface area contributed by atoms with Crippen LogP contribution >= 0.6 is 11.3 Å². The fourth-order valence-corrected chi connectivity index (χ4v) is 4.30. The lowest BCUT2D eigenvalue weighted by atomic mass is 10.0. The number of carboxylic acid groups (broad SMARTS) is 1. The number of alkyl halides is 3. The van der Waals surface area contributed by atoms with Crippen molar-refractivity contribution in [3.63, 3.8) is 0 Å². The average Bonchev–Trinajstić information content (AvgIpc) is 2.95. The number of aliphatic carboxylic acids is 1. The van der Waals surface area contributed by atoms with Crippen LogP contribution in [0.5, 0.6) is 0 Å². The minimum Gasteiger partial charge on any atom is -0.480 e. The van der Waals surface area contributed by atoms with Crippen LogP contribution in [0.4, 0.5) is 13.2 Å². The smallest absolute Gasteiger partial charge is 0.425 e. The maximum absolute atomic E-state index is 12.5. The highest BCUT2D eigenvalue weighted by atomic mass is 32.2. The van der Waals surface area contributed by atoms with E-state index in [0.717, 1.165) is 5.38 Å². The van der Waals surface area contributed by atoms with Gasteiger partial charge in [-0.3, -0.25) is 4.79 Å². The van der Waals surface area contributed by atoms with Gasteiger partial charge in [-0.1, -0.05) is 0 Å². The molecule has 0 spiro atoms. The lowest BCUT2D eigenvalue weighted by Gasteiger charge is -2.22. The third kappa shape index (κ3) is 3.20. The first-order valence-electron chi connectivity index (χ1n) is 5.58. The first-order chi connectivity index (χ1) is 9.57.